The Morgan fingerprint density at radius 3 is 1.38 bits per heavy atom. The predicted octanol–water partition coefficient (Wildman–Crippen LogP) is 4.49. The van der Waals surface area contributed by atoms with Crippen LogP contribution in [0.1, 0.15) is 75.3 Å². The van der Waals surface area contributed by atoms with E-state index < -0.39 is 0 Å². The molecule has 0 amide bonds. The van der Waals surface area contributed by atoms with Gasteiger partial charge in [0.15, 0.2) is 0 Å². The molecule has 2 aromatic rings. The van der Waals surface area contributed by atoms with E-state index in [1.807, 2.05) is 0 Å². The van der Waals surface area contributed by atoms with Gasteiger partial charge >= 0.3 is 208 Å². The Balaban J connectivity index is 1.38. The zero-order valence-electron chi connectivity index (χ0n) is 20.0. The van der Waals surface area contributed by atoms with E-state index in [1.165, 1.54) is 64.2 Å². The molecule has 0 N–H and O–H groups in total. The van der Waals surface area contributed by atoms with E-state index in [0.29, 0.717) is 26.3 Å². The third kappa shape index (κ3) is 6.95. The Kier molecular flexibility index (Phi) is 9.77. The normalized spacial score (nSPS) is 18.5. The fourth-order valence-electron chi connectivity index (χ4n) is 5.36. The zero-order chi connectivity index (χ0) is 22.2. The molecule has 2 nitrogen and oxygen atoms in total. The third-order valence-corrected chi connectivity index (χ3v) is 14.8. The molecule has 0 saturated heterocycles. The number of rotatable bonds is 9. The van der Waals surface area contributed by atoms with Crippen LogP contribution in [0.5, 0.6) is 0 Å². The molecule has 32 heavy (non-hydrogen) atoms. The first kappa shape index (κ1) is 24.5. The van der Waals surface area contributed by atoms with Gasteiger partial charge in [-0.2, -0.15) is 0 Å². The minimum absolute atomic E-state index is 0.538. The average Bonchev–Trinajstić information content (AvgIpc) is 2.85. The zero-order valence-corrected chi connectivity index (χ0v) is 23.4. The summed E-state index contributed by atoms with van der Waals surface area (Å²) >= 11 is 1.08. The topological polar surface area (TPSA) is 6.48 Å². The summed E-state index contributed by atoms with van der Waals surface area (Å²) in [5, 5.41) is 0. The Morgan fingerprint density at radius 1 is 0.594 bits per heavy atom. The van der Waals surface area contributed by atoms with Crippen LogP contribution in [0, 0.1) is 0 Å². The molecule has 2 fully saturated rings. The van der Waals surface area contributed by atoms with Crippen molar-refractivity contribution < 1.29 is 0 Å². The molecular weight excluding hydrogens is 522 g/mol. The van der Waals surface area contributed by atoms with E-state index in [4.69, 9.17) is 0 Å². The summed E-state index contributed by atoms with van der Waals surface area (Å²) in [5.74, 6) is 0. The van der Waals surface area contributed by atoms with Crippen molar-refractivity contribution in [1.82, 2.24) is 9.80 Å². The molecule has 2 aromatic carbocycles. The van der Waals surface area contributed by atoms with Gasteiger partial charge in [-0.25, -0.2) is 0 Å². The van der Waals surface area contributed by atoms with Gasteiger partial charge in [0, 0.05) is 0 Å². The molecule has 2 aliphatic carbocycles. The fraction of sp³-hybridized carbons (Fsp3) is 0.571. The first-order chi connectivity index (χ1) is 15.7. The number of benzene rings is 2. The maximum atomic E-state index is 2.63. The van der Waals surface area contributed by atoms with Gasteiger partial charge in [-0.05, 0) is 0 Å². The summed E-state index contributed by atoms with van der Waals surface area (Å²) in [6.07, 6.45) is 14.1. The minimum atomic E-state index is 0.538. The molecule has 2 saturated carbocycles. The van der Waals surface area contributed by atoms with Crippen LogP contribution in [-0.4, -0.2) is 62.2 Å². The third-order valence-electron chi connectivity index (χ3n) is 7.40. The van der Waals surface area contributed by atoms with Crippen molar-refractivity contribution in [3.05, 3.63) is 59.7 Å². The van der Waals surface area contributed by atoms with Crippen molar-refractivity contribution in [1.29, 1.82) is 0 Å². The summed E-state index contributed by atoms with van der Waals surface area (Å²) in [6, 6.07) is 20.1. The van der Waals surface area contributed by atoms with E-state index in [1.54, 1.807) is 20.1 Å². The van der Waals surface area contributed by atoms with Crippen molar-refractivity contribution in [3.63, 3.8) is 0 Å². The molecule has 2 aliphatic rings. The van der Waals surface area contributed by atoms with Crippen LogP contribution in [0.4, 0.5) is 0 Å². The Morgan fingerprint density at radius 2 is 0.969 bits per heavy atom. The van der Waals surface area contributed by atoms with Gasteiger partial charge in [0.25, 0.3) is 0 Å². The molecular formula is C28H40N2Se2. The van der Waals surface area contributed by atoms with Crippen LogP contribution in [0.15, 0.2) is 48.5 Å². The van der Waals surface area contributed by atoms with Gasteiger partial charge in [0.1, 0.15) is 0 Å². The van der Waals surface area contributed by atoms with Crippen molar-refractivity contribution in [2.24, 2.45) is 0 Å². The Labute approximate surface area is 207 Å². The van der Waals surface area contributed by atoms with Gasteiger partial charge in [0.2, 0.25) is 0 Å². The number of hydrogen-bond acceptors (Lipinski definition) is 2. The van der Waals surface area contributed by atoms with E-state index in [2.05, 4.69) is 72.4 Å². The van der Waals surface area contributed by atoms with Crippen LogP contribution in [0.2, 0.25) is 0 Å². The first-order valence-electron chi connectivity index (χ1n) is 12.6. The molecule has 0 bridgehead atoms. The maximum absolute atomic E-state index is 2.63. The van der Waals surface area contributed by atoms with E-state index in [9.17, 15) is 0 Å². The van der Waals surface area contributed by atoms with Crippen molar-refractivity contribution in [3.8, 4) is 0 Å². The summed E-state index contributed by atoms with van der Waals surface area (Å²) in [7, 11) is 4.70. The van der Waals surface area contributed by atoms with Gasteiger partial charge in [-0.1, -0.05) is 0 Å². The first-order valence-corrected chi connectivity index (χ1v) is 18.7. The van der Waals surface area contributed by atoms with Crippen LogP contribution < -0.4 is 8.92 Å². The fourth-order valence-corrected chi connectivity index (χ4v) is 12.8. The predicted molar refractivity (Wildman–Crippen MR) is 140 cm³/mol. The average molecular weight is 563 g/mol. The quantitative estimate of drug-likeness (QED) is 0.416. The second-order valence-corrected chi connectivity index (χ2v) is 16.0. The van der Waals surface area contributed by atoms with Crippen LogP contribution in [-0.2, 0) is 13.1 Å². The second-order valence-electron chi connectivity index (χ2n) is 9.80. The molecule has 0 aromatic heterocycles. The Bertz CT molecular complexity index is 758. The van der Waals surface area contributed by atoms with Gasteiger partial charge in [-0.3, -0.25) is 0 Å². The number of nitrogens with zero attached hydrogens (tertiary/aromatic N) is 2. The van der Waals surface area contributed by atoms with Crippen LogP contribution in [0.3, 0.4) is 0 Å². The standard InChI is InChI=1S/C28H40N2Se2/c1-29(25-15-5-3-6-16-25)21-23-13-9-11-19-27(23)31-32-28-20-12-10-14-24(28)22-30(2)26-17-7-4-8-18-26/h9-14,19-20,25-26H,3-8,15-18,21-22H2,1-2H3. The molecule has 0 aliphatic heterocycles. The molecule has 0 radical (unpaired) electrons. The molecule has 0 unspecified atom stereocenters. The molecule has 4 rings (SSSR count). The van der Waals surface area contributed by atoms with E-state index in [0.717, 1.165) is 25.2 Å². The Hall–Kier alpha value is -0.601. The molecule has 4 heteroatoms. The van der Waals surface area contributed by atoms with Gasteiger partial charge in [0.05, 0.1) is 0 Å². The summed E-state index contributed by atoms with van der Waals surface area (Å²) < 4.78 is 3.25. The summed E-state index contributed by atoms with van der Waals surface area (Å²) in [4.78, 5) is 5.27. The molecule has 0 atom stereocenters. The van der Waals surface area contributed by atoms with Crippen molar-refractivity contribution in [2.75, 3.05) is 14.1 Å². The van der Waals surface area contributed by atoms with Crippen molar-refractivity contribution >= 4 is 35.2 Å². The van der Waals surface area contributed by atoms with Gasteiger partial charge < -0.3 is 0 Å². The number of hydrogen-bond donors (Lipinski definition) is 0. The van der Waals surface area contributed by atoms with Crippen LogP contribution in [0.25, 0.3) is 0 Å². The molecule has 0 spiro atoms. The van der Waals surface area contributed by atoms with Crippen LogP contribution >= 0.6 is 0 Å². The monoisotopic (exact) mass is 564 g/mol. The summed E-state index contributed by atoms with van der Waals surface area (Å²) in [6.45, 7) is 2.23. The van der Waals surface area contributed by atoms with E-state index in [-0.39, 0.29) is 0 Å². The SMILES string of the molecule is CN(Cc1ccccc1[Se][Se]c1ccccc1CN(C)C1CCCCC1)C1CCCCC1. The second kappa shape index (κ2) is 12.7. The molecule has 174 valence electrons. The van der Waals surface area contributed by atoms with E-state index >= 15 is 0 Å². The van der Waals surface area contributed by atoms with Gasteiger partial charge in [-0.15, -0.1) is 0 Å². The van der Waals surface area contributed by atoms with Crippen molar-refractivity contribution in [2.45, 2.75) is 89.4 Å². The summed E-state index contributed by atoms with van der Waals surface area (Å²) in [5.41, 5.74) is 3.14. The molecule has 0 heterocycles.